The van der Waals surface area contributed by atoms with Crippen LogP contribution < -0.4 is 4.74 Å². The monoisotopic (exact) mass is 135 g/mol. The number of carbonyl (C=O) groups is 1. The third-order valence-corrected chi connectivity index (χ3v) is 1.15. The van der Waals surface area contributed by atoms with Crippen molar-refractivity contribution in [1.29, 1.82) is 0 Å². The lowest BCUT2D eigenvalue weighted by Gasteiger charge is -1.99. The van der Waals surface area contributed by atoms with Crippen LogP contribution in [-0.4, -0.2) is 6.47 Å². The fourth-order valence-electron chi connectivity index (χ4n) is 0.671. The molecule has 0 bridgehead atoms. The molecule has 0 atom stereocenters. The molecule has 2 nitrogen and oxygen atoms in total. The second-order valence-electron chi connectivity index (χ2n) is 1.82. The quantitative estimate of drug-likeness (QED) is 0.573. The molecular weight excluding hydrogens is 128 g/mol. The van der Waals surface area contributed by atoms with Crippen LogP contribution in [0.4, 0.5) is 0 Å². The van der Waals surface area contributed by atoms with Gasteiger partial charge in [0.15, 0.2) is 0 Å². The van der Waals surface area contributed by atoms with Crippen LogP contribution in [0.15, 0.2) is 24.3 Å². The third kappa shape index (κ3) is 1.35. The van der Waals surface area contributed by atoms with Crippen LogP contribution in [0.1, 0.15) is 5.56 Å². The highest BCUT2D eigenvalue weighted by Gasteiger charge is 1.93. The average Bonchev–Trinajstić information content (AvgIpc) is 1.94. The Labute approximate surface area is 59.4 Å². The SMILES string of the molecule is [CH2]c1ccccc1OC=O. The molecule has 51 valence electrons. The topological polar surface area (TPSA) is 26.3 Å². The summed E-state index contributed by atoms with van der Waals surface area (Å²) in [6.07, 6.45) is 0. The van der Waals surface area contributed by atoms with Crippen molar-refractivity contribution in [2.24, 2.45) is 0 Å². The van der Waals surface area contributed by atoms with Gasteiger partial charge in [-0.05, 0) is 18.6 Å². The molecule has 0 saturated heterocycles. The summed E-state index contributed by atoms with van der Waals surface area (Å²) in [4.78, 5) is 9.88. The van der Waals surface area contributed by atoms with Gasteiger partial charge in [-0.2, -0.15) is 0 Å². The molecule has 10 heavy (non-hydrogen) atoms. The highest BCUT2D eigenvalue weighted by molar-refractivity contribution is 5.48. The van der Waals surface area contributed by atoms with E-state index < -0.39 is 0 Å². The van der Waals surface area contributed by atoms with Crippen LogP contribution in [0.3, 0.4) is 0 Å². The van der Waals surface area contributed by atoms with Gasteiger partial charge in [-0.1, -0.05) is 18.2 Å². The van der Waals surface area contributed by atoms with Crippen molar-refractivity contribution in [3.05, 3.63) is 36.8 Å². The summed E-state index contributed by atoms with van der Waals surface area (Å²) in [5.74, 6) is 0.512. The van der Waals surface area contributed by atoms with Gasteiger partial charge in [0, 0.05) is 0 Å². The molecule has 0 aliphatic carbocycles. The van der Waals surface area contributed by atoms with Crippen LogP contribution >= 0.6 is 0 Å². The van der Waals surface area contributed by atoms with Crippen LogP contribution in [0.2, 0.25) is 0 Å². The fraction of sp³-hybridized carbons (Fsp3) is 0. The van der Waals surface area contributed by atoms with E-state index in [-0.39, 0.29) is 0 Å². The van der Waals surface area contributed by atoms with Gasteiger partial charge >= 0.3 is 0 Å². The van der Waals surface area contributed by atoms with Crippen LogP contribution in [0.25, 0.3) is 0 Å². The summed E-state index contributed by atoms with van der Waals surface area (Å²) in [7, 11) is 0. The fourth-order valence-corrected chi connectivity index (χ4v) is 0.671. The molecule has 0 fully saturated rings. The van der Waals surface area contributed by atoms with Crippen molar-refractivity contribution in [2.75, 3.05) is 0 Å². The minimum atomic E-state index is 0.393. The number of rotatable bonds is 2. The van der Waals surface area contributed by atoms with Gasteiger partial charge in [-0.25, -0.2) is 0 Å². The van der Waals surface area contributed by atoms with Crippen molar-refractivity contribution >= 4 is 6.47 Å². The Hall–Kier alpha value is -1.31. The van der Waals surface area contributed by atoms with Crippen molar-refractivity contribution in [1.82, 2.24) is 0 Å². The molecule has 0 unspecified atom stereocenters. The largest absolute Gasteiger partial charge is 0.428 e. The molecule has 1 aromatic rings. The van der Waals surface area contributed by atoms with E-state index in [0.29, 0.717) is 12.2 Å². The number of para-hydroxylation sites is 1. The average molecular weight is 135 g/mol. The van der Waals surface area contributed by atoms with E-state index in [1.165, 1.54) is 0 Å². The minimum Gasteiger partial charge on any atom is -0.428 e. The maximum absolute atomic E-state index is 9.88. The van der Waals surface area contributed by atoms with Crippen molar-refractivity contribution in [2.45, 2.75) is 0 Å². The Kier molecular flexibility index (Phi) is 2.05. The zero-order valence-electron chi connectivity index (χ0n) is 5.41. The first-order valence-electron chi connectivity index (χ1n) is 2.86. The van der Waals surface area contributed by atoms with Gasteiger partial charge in [0.25, 0.3) is 6.47 Å². The van der Waals surface area contributed by atoms with Gasteiger partial charge in [0.1, 0.15) is 5.75 Å². The molecule has 0 amide bonds. The first kappa shape index (κ1) is 6.81. The molecule has 0 aliphatic heterocycles. The van der Waals surface area contributed by atoms with Gasteiger partial charge in [0.05, 0.1) is 0 Å². The summed E-state index contributed by atoms with van der Waals surface area (Å²) in [6.45, 7) is 4.05. The lowest BCUT2D eigenvalue weighted by Crippen LogP contribution is -1.89. The lowest BCUT2D eigenvalue weighted by molar-refractivity contribution is -0.120. The van der Waals surface area contributed by atoms with Crippen molar-refractivity contribution < 1.29 is 9.53 Å². The molecule has 0 saturated carbocycles. The van der Waals surface area contributed by atoms with E-state index in [0.717, 1.165) is 5.56 Å². The first-order chi connectivity index (χ1) is 4.84. The van der Waals surface area contributed by atoms with E-state index in [1.54, 1.807) is 18.2 Å². The summed E-state index contributed by atoms with van der Waals surface area (Å²) in [6, 6.07) is 7.09. The molecule has 0 aromatic heterocycles. The highest BCUT2D eigenvalue weighted by Crippen LogP contribution is 2.14. The molecule has 1 rings (SSSR count). The minimum absolute atomic E-state index is 0.393. The number of hydrogen-bond acceptors (Lipinski definition) is 2. The zero-order chi connectivity index (χ0) is 7.40. The van der Waals surface area contributed by atoms with Crippen LogP contribution in [0.5, 0.6) is 5.75 Å². The van der Waals surface area contributed by atoms with Crippen LogP contribution in [-0.2, 0) is 4.79 Å². The standard InChI is InChI=1S/C8H7O2/c1-7-4-2-3-5-8(7)10-6-9/h2-6H,1H2. The van der Waals surface area contributed by atoms with E-state index in [9.17, 15) is 4.79 Å². The Morgan fingerprint density at radius 3 is 2.70 bits per heavy atom. The highest BCUT2D eigenvalue weighted by atomic mass is 16.5. The molecule has 1 radical (unpaired) electrons. The number of ether oxygens (including phenoxy) is 1. The smallest absolute Gasteiger partial charge is 0.298 e. The second-order valence-corrected chi connectivity index (χ2v) is 1.82. The summed E-state index contributed by atoms with van der Waals surface area (Å²) in [5, 5.41) is 0. The zero-order valence-corrected chi connectivity index (χ0v) is 5.41. The number of benzene rings is 1. The normalized spacial score (nSPS) is 8.90. The third-order valence-electron chi connectivity index (χ3n) is 1.15. The van der Waals surface area contributed by atoms with Gasteiger partial charge < -0.3 is 4.74 Å². The van der Waals surface area contributed by atoms with Gasteiger partial charge in [0.2, 0.25) is 0 Å². The number of carbonyl (C=O) groups excluding carboxylic acids is 1. The first-order valence-corrected chi connectivity index (χ1v) is 2.86. The van der Waals surface area contributed by atoms with Crippen LogP contribution in [0, 0.1) is 6.92 Å². The maximum atomic E-state index is 9.88. The summed E-state index contributed by atoms with van der Waals surface area (Å²) in [5.41, 5.74) is 0.717. The molecule has 2 heteroatoms. The molecule has 0 heterocycles. The molecule has 0 N–H and O–H groups in total. The maximum Gasteiger partial charge on any atom is 0.298 e. The summed E-state index contributed by atoms with van der Waals surface area (Å²) < 4.78 is 4.59. The number of hydrogen-bond donors (Lipinski definition) is 0. The molecule has 0 aliphatic rings. The Bertz CT molecular complexity index is 230. The molecule has 1 aromatic carbocycles. The predicted molar refractivity (Wildman–Crippen MR) is 37.6 cm³/mol. The Morgan fingerprint density at radius 2 is 2.10 bits per heavy atom. The van der Waals surface area contributed by atoms with Crippen molar-refractivity contribution in [3.63, 3.8) is 0 Å². The summed E-state index contributed by atoms with van der Waals surface area (Å²) >= 11 is 0. The van der Waals surface area contributed by atoms with E-state index >= 15 is 0 Å². The Morgan fingerprint density at radius 1 is 1.40 bits per heavy atom. The van der Waals surface area contributed by atoms with Crippen molar-refractivity contribution in [3.8, 4) is 5.75 Å². The predicted octanol–water partition coefficient (Wildman–Crippen LogP) is 1.40. The van der Waals surface area contributed by atoms with Gasteiger partial charge in [-0.3, -0.25) is 4.79 Å². The van der Waals surface area contributed by atoms with E-state index in [4.69, 9.17) is 0 Å². The van der Waals surface area contributed by atoms with Gasteiger partial charge in [-0.15, -0.1) is 0 Å². The molecular formula is C8H7O2. The van der Waals surface area contributed by atoms with E-state index in [2.05, 4.69) is 11.7 Å². The Balaban J connectivity index is 2.91. The molecule has 0 spiro atoms. The second kappa shape index (κ2) is 3.01. The lowest BCUT2D eigenvalue weighted by atomic mass is 10.2. The van der Waals surface area contributed by atoms with E-state index in [1.807, 2.05) is 6.07 Å².